The summed E-state index contributed by atoms with van der Waals surface area (Å²) in [6, 6.07) is 7.41. The second kappa shape index (κ2) is 3.49. The van der Waals surface area contributed by atoms with Crippen molar-refractivity contribution in [3.8, 4) is 16.3 Å². The fourth-order valence-corrected chi connectivity index (χ4v) is 3.09. The first-order valence-electron chi connectivity index (χ1n) is 5.15. The third-order valence-electron chi connectivity index (χ3n) is 2.70. The summed E-state index contributed by atoms with van der Waals surface area (Å²) in [5, 5.41) is 14.7. The van der Waals surface area contributed by atoms with E-state index in [0.29, 0.717) is 5.69 Å². The lowest BCUT2D eigenvalue weighted by molar-refractivity contribution is 0.476. The number of fused-ring (bicyclic) bond motifs is 1. The van der Waals surface area contributed by atoms with E-state index in [2.05, 4.69) is 11.2 Å². The SMILES string of the molecule is Cn1ncc(N)c1-c1cc2ccc(O)cc2s1. The highest BCUT2D eigenvalue weighted by molar-refractivity contribution is 7.22. The van der Waals surface area contributed by atoms with Crippen LogP contribution in [0.25, 0.3) is 20.7 Å². The Kier molecular flexibility index (Phi) is 2.09. The summed E-state index contributed by atoms with van der Waals surface area (Å²) < 4.78 is 2.81. The van der Waals surface area contributed by atoms with Crippen LogP contribution < -0.4 is 5.73 Å². The quantitative estimate of drug-likeness (QED) is 0.692. The Hall–Kier alpha value is -2.01. The molecule has 0 spiro atoms. The van der Waals surface area contributed by atoms with Crippen LogP contribution in [-0.4, -0.2) is 14.9 Å². The van der Waals surface area contributed by atoms with Crippen molar-refractivity contribution in [2.24, 2.45) is 7.05 Å². The first-order chi connectivity index (χ1) is 8.15. The van der Waals surface area contributed by atoms with E-state index in [-0.39, 0.29) is 5.75 Å². The number of phenols is 1. The normalized spacial score (nSPS) is 11.1. The fraction of sp³-hybridized carbons (Fsp3) is 0.0833. The number of phenolic OH excluding ortho intramolecular Hbond substituents is 1. The molecular formula is C12H11N3OS. The van der Waals surface area contributed by atoms with Gasteiger partial charge in [0.05, 0.1) is 16.8 Å². The summed E-state index contributed by atoms with van der Waals surface area (Å²) in [4.78, 5) is 1.06. The molecule has 0 aliphatic heterocycles. The lowest BCUT2D eigenvalue weighted by Gasteiger charge is -1.98. The third kappa shape index (κ3) is 1.55. The topological polar surface area (TPSA) is 64.1 Å². The van der Waals surface area contributed by atoms with Crippen LogP contribution in [0.1, 0.15) is 0 Å². The molecule has 86 valence electrons. The van der Waals surface area contributed by atoms with Gasteiger partial charge in [-0.3, -0.25) is 4.68 Å². The standard InChI is InChI=1S/C12H11N3OS/c1-15-12(9(13)6-14-15)11-4-7-2-3-8(16)5-10(7)17-11/h2-6,16H,13H2,1H3. The van der Waals surface area contributed by atoms with Gasteiger partial charge < -0.3 is 10.8 Å². The lowest BCUT2D eigenvalue weighted by Crippen LogP contribution is -1.93. The first kappa shape index (κ1) is 10.2. The maximum Gasteiger partial charge on any atom is 0.117 e. The van der Waals surface area contributed by atoms with Crippen molar-refractivity contribution in [1.82, 2.24) is 9.78 Å². The maximum atomic E-state index is 9.44. The monoisotopic (exact) mass is 245 g/mol. The zero-order valence-corrected chi connectivity index (χ0v) is 10.0. The molecule has 0 aliphatic carbocycles. The van der Waals surface area contributed by atoms with Crippen molar-refractivity contribution in [3.63, 3.8) is 0 Å². The number of nitrogen functional groups attached to an aromatic ring is 1. The molecule has 3 aromatic rings. The number of hydrogen-bond donors (Lipinski definition) is 2. The van der Waals surface area contributed by atoms with Gasteiger partial charge in [0.25, 0.3) is 0 Å². The lowest BCUT2D eigenvalue weighted by atomic mass is 10.2. The number of nitrogens with two attached hydrogens (primary N) is 1. The Bertz CT molecular complexity index is 679. The number of thiophene rings is 1. The molecule has 0 radical (unpaired) electrons. The van der Waals surface area contributed by atoms with Crippen LogP contribution in [0, 0.1) is 0 Å². The molecule has 17 heavy (non-hydrogen) atoms. The van der Waals surface area contributed by atoms with E-state index in [1.165, 1.54) is 0 Å². The van der Waals surface area contributed by atoms with Gasteiger partial charge in [0.1, 0.15) is 11.4 Å². The Morgan fingerprint density at radius 3 is 2.88 bits per heavy atom. The van der Waals surface area contributed by atoms with E-state index in [9.17, 15) is 5.11 Å². The number of rotatable bonds is 1. The van der Waals surface area contributed by atoms with Gasteiger partial charge in [0, 0.05) is 11.7 Å². The van der Waals surface area contributed by atoms with Crippen molar-refractivity contribution in [1.29, 1.82) is 0 Å². The van der Waals surface area contributed by atoms with Gasteiger partial charge in [-0.15, -0.1) is 11.3 Å². The molecule has 1 aromatic carbocycles. The molecule has 0 bridgehead atoms. The maximum absolute atomic E-state index is 9.44. The van der Waals surface area contributed by atoms with E-state index >= 15 is 0 Å². The predicted octanol–water partition coefficient (Wildman–Crippen LogP) is 2.59. The summed E-state index contributed by atoms with van der Waals surface area (Å²) >= 11 is 1.60. The van der Waals surface area contributed by atoms with E-state index in [4.69, 9.17) is 5.73 Å². The zero-order valence-electron chi connectivity index (χ0n) is 9.21. The molecule has 5 heteroatoms. The van der Waals surface area contributed by atoms with Crippen LogP contribution in [0.4, 0.5) is 5.69 Å². The van der Waals surface area contributed by atoms with E-state index < -0.39 is 0 Å². The largest absolute Gasteiger partial charge is 0.508 e. The van der Waals surface area contributed by atoms with Crippen LogP contribution in [0.5, 0.6) is 5.75 Å². The number of hydrogen-bond acceptors (Lipinski definition) is 4. The summed E-state index contributed by atoms with van der Waals surface area (Å²) in [5.41, 5.74) is 7.49. The van der Waals surface area contributed by atoms with Crippen molar-refractivity contribution in [3.05, 3.63) is 30.5 Å². The van der Waals surface area contributed by atoms with E-state index in [1.54, 1.807) is 34.3 Å². The van der Waals surface area contributed by atoms with Crippen molar-refractivity contribution >= 4 is 27.1 Å². The third-order valence-corrected chi connectivity index (χ3v) is 3.81. The molecule has 0 unspecified atom stereocenters. The molecule has 3 rings (SSSR count). The number of aryl methyl sites for hydroxylation is 1. The number of aromatic hydroxyl groups is 1. The van der Waals surface area contributed by atoms with Crippen LogP contribution in [0.2, 0.25) is 0 Å². The minimum absolute atomic E-state index is 0.281. The second-order valence-electron chi connectivity index (χ2n) is 3.90. The fourth-order valence-electron chi connectivity index (χ4n) is 1.89. The van der Waals surface area contributed by atoms with Crippen LogP contribution in [-0.2, 0) is 7.05 Å². The Balaban J connectivity index is 2.25. The molecule has 2 heterocycles. The van der Waals surface area contributed by atoms with E-state index in [0.717, 1.165) is 20.7 Å². The van der Waals surface area contributed by atoms with Gasteiger partial charge in [0.15, 0.2) is 0 Å². The van der Waals surface area contributed by atoms with Crippen LogP contribution in [0.15, 0.2) is 30.5 Å². The molecule has 4 nitrogen and oxygen atoms in total. The van der Waals surface area contributed by atoms with Gasteiger partial charge in [-0.1, -0.05) is 0 Å². The highest BCUT2D eigenvalue weighted by Gasteiger charge is 2.11. The number of nitrogens with zero attached hydrogens (tertiary/aromatic N) is 2. The summed E-state index contributed by atoms with van der Waals surface area (Å²) in [6.45, 7) is 0. The van der Waals surface area contributed by atoms with Crippen molar-refractivity contribution in [2.75, 3.05) is 5.73 Å². The van der Waals surface area contributed by atoms with Gasteiger partial charge in [0.2, 0.25) is 0 Å². The second-order valence-corrected chi connectivity index (χ2v) is 4.99. The van der Waals surface area contributed by atoms with Crippen LogP contribution >= 0.6 is 11.3 Å². The average molecular weight is 245 g/mol. The Labute approximate surface area is 102 Å². The summed E-state index contributed by atoms with van der Waals surface area (Å²) in [6.07, 6.45) is 1.65. The molecule has 0 saturated heterocycles. The van der Waals surface area contributed by atoms with E-state index in [1.807, 2.05) is 13.1 Å². The van der Waals surface area contributed by atoms with Crippen LogP contribution in [0.3, 0.4) is 0 Å². The Morgan fingerprint density at radius 1 is 1.35 bits per heavy atom. The zero-order chi connectivity index (χ0) is 12.0. The molecule has 0 fully saturated rings. The Morgan fingerprint density at radius 2 is 2.18 bits per heavy atom. The molecule has 0 amide bonds. The minimum atomic E-state index is 0.281. The van der Waals surface area contributed by atoms with Gasteiger partial charge in [-0.2, -0.15) is 5.10 Å². The molecular weight excluding hydrogens is 234 g/mol. The highest BCUT2D eigenvalue weighted by atomic mass is 32.1. The average Bonchev–Trinajstić information content (AvgIpc) is 2.81. The highest BCUT2D eigenvalue weighted by Crippen LogP contribution is 2.37. The predicted molar refractivity (Wildman–Crippen MR) is 70.1 cm³/mol. The van der Waals surface area contributed by atoms with Gasteiger partial charge >= 0.3 is 0 Å². The molecule has 0 saturated carbocycles. The van der Waals surface area contributed by atoms with Crippen molar-refractivity contribution in [2.45, 2.75) is 0 Å². The first-order valence-corrected chi connectivity index (χ1v) is 5.97. The number of anilines is 1. The molecule has 2 aromatic heterocycles. The van der Waals surface area contributed by atoms with Gasteiger partial charge in [-0.05, 0) is 29.7 Å². The number of benzene rings is 1. The summed E-state index contributed by atoms with van der Waals surface area (Å²) in [7, 11) is 1.87. The molecule has 3 N–H and O–H groups in total. The van der Waals surface area contributed by atoms with Gasteiger partial charge in [-0.25, -0.2) is 0 Å². The molecule has 0 atom stereocenters. The minimum Gasteiger partial charge on any atom is -0.508 e. The van der Waals surface area contributed by atoms with Crippen molar-refractivity contribution < 1.29 is 5.11 Å². The number of aromatic nitrogens is 2. The molecule has 0 aliphatic rings. The smallest absolute Gasteiger partial charge is 0.117 e. The summed E-state index contributed by atoms with van der Waals surface area (Å²) in [5.74, 6) is 0.281.